The van der Waals surface area contributed by atoms with Gasteiger partial charge in [-0.3, -0.25) is 14.9 Å². The van der Waals surface area contributed by atoms with Gasteiger partial charge >= 0.3 is 17.9 Å². The van der Waals surface area contributed by atoms with Crippen LogP contribution in [0.5, 0.6) is 0 Å². The minimum Gasteiger partial charge on any atom is -0.419 e. The Labute approximate surface area is 165 Å². The predicted octanol–water partition coefficient (Wildman–Crippen LogP) is 0.395. The summed E-state index contributed by atoms with van der Waals surface area (Å²) < 4.78 is 36.7. The lowest BCUT2D eigenvalue weighted by atomic mass is 10.1. The normalized spacial score (nSPS) is 20.6. The summed E-state index contributed by atoms with van der Waals surface area (Å²) >= 11 is 0. The summed E-state index contributed by atoms with van der Waals surface area (Å²) in [5.41, 5.74) is 0.143. The van der Waals surface area contributed by atoms with Gasteiger partial charge in [0.05, 0.1) is 23.7 Å². The second kappa shape index (κ2) is 8.19. The van der Waals surface area contributed by atoms with Crippen LogP contribution in [0, 0.1) is 10.1 Å². The Hall–Kier alpha value is -2.96. The summed E-state index contributed by atoms with van der Waals surface area (Å²) in [6, 6.07) is 3.08. The Kier molecular flexibility index (Phi) is 5.86. The number of aliphatic imine (C=N–C) groups is 1. The molecule has 2 heterocycles. The van der Waals surface area contributed by atoms with Gasteiger partial charge in [0.2, 0.25) is 10.0 Å². The van der Waals surface area contributed by atoms with Gasteiger partial charge in [-0.05, 0) is 31.2 Å². The van der Waals surface area contributed by atoms with E-state index in [0.29, 0.717) is 13.2 Å². The summed E-state index contributed by atoms with van der Waals surface area (Å²) in [6.07, 6.45) is 1.14. The Morgan fingerprint density at radius 3 is 2.48 bits per heavy atom. The van der Waals surface area contributed by atoms with E-state index in [1.807, 2.05) is 0 Å². The zero-order valence-corrected chi connectivity index (χ0v) is 16.1. The molecule has 0 spiro atoms. The summed E-state index contributed by atoms with van der Waals surface area (Å²) in [4.78, 5) is 37.8. The van der Waals surface area contributed by atoms with Crippen LogP contribution in [-0.2, 0) is 24.3 Å². The molecular formula is C17H17N3O8S. The third-order valence-corrected chi connectivity index (χ3v) is 6.17. The van der Waals surface area contributed by atoms with Crippen molar-refractivity contribution in [3.8, 4) is 0 Å². The smallest absolute Gasteiger partial charge is 0.348 e. The number of sulfonamides is 1. The zero-order chi connectivity index (χ0) is 21.2. The van der Waals surface area contributed by atoms with Crippen LogP contribution in [0.25, 0.3) is 0 Å². The molecular weight excluding hydrogens is 406 g/mol. The SMILES string of the molecule is CC1=NC(=O)C([N+](=O)[O-])C(OC(=O)c2ccc(S(=O)(=O)N3CCOCC3)cc2)=C1. The second-order valence-electron chi connectivity index (χ2n) is 6.26. The van der Waals surface area contributed by atoms with Crippen molar-refractivity contribution in [2.75, 3.05) is 26.3 Å². The molecule has 11 nitrogen and oxygen atoms in total. The van der Waals surface area contributed by atoms with Crippen molar-refractivity contribution in [1.82, 2.24) is 4.31 Å². The standard InChI is InChI=1S/C17H17N3O8S/c1-11-10-14(15(20(23)24)16(21)18-11)28-17(22)12-2-4-13(5-3-12)29(25,26)19-6-8-27-9-7-19/h2-5,10,15H,6-9H2,1H3. The van der Waals surface area contributed by atoms with Crippen LogP contribution in [0.15, 0.2) is 46.0 Å². The fourth-order valence-electron chi connectivity index (χ4n) is 2.82. The van der Waals surface area contributed by atoms with E-state index in [4.69, 9.17) is 9.47 Å². The first kappa shape index (κ1) is 20.8. The van der Waals surface area contributed by atoms with Gasteiger partial charge in [0.25, 0.3) is 0 Å². The summed E-state index contributed by atoms with van der Waals surface area (Å²) in [5.74, 6) is -2.44. The molecule has 1 amide bonds. The second-order valence-corrected chi connectivity index (χ2v) is 8.19. The maximum Gasteiger partial charge on any atom is 0.348 e. The van der Waals surface area contributed by atoms with E-state index >= 15 is 0 Å². The molecule has 29 heavy (non-hydrogen) atoms. The Morgan fingerprint density at radius 2 is 1.90 bits per heavy atom. The van der Waals surface area contributed by atoms with E-state index in [9.17, 15) is 28.1 Å². The maximum absolute atomic E-state index is 12.6. The van der Waals surface area contributed by atoms with E-state index in [-0.39, 0.29) is 29.3 Å². The first-order valence-electron chi connectivity index (χ1n) is 8.54. The fraction of sp³-hybridized carbons (Fsp3) is 0.353. The monoisotopic (exact) mass is 423 g/mol. The molecule has 0 aromatic heterocycles. The minimum absolute atomic E-state index is 0.00541. The van der Waals surface area contributed by atoms with Crippen molar-refractivity contribution >= 4 is 27.6 Å². The number of dihydropyridines is 1. The fourth-order valence-corrected chi connectivity index (χ4v) is 4.23. The number of nitrogens with zero attached hydrogens (tertiary/aromatic N) is 3. The number of allylic oxidation sites excluding steroid dienone is 1. The number of nitro groups is 1. The van der Waals surface area contributed by atoms with E-state index in [1.165, 1.54) is 35.5 Å². The predicted molar refractivity (Wildman–Crippen MR) is 98.4 cm³/mol. The molecule has 2 aliphatic rings. The van der Waals surface area contributed by atoms with Crippen LogP contribution in [0.1, 0.15) is 17.3 Å². The van der Waals surface area contributed by atoms with Crippen molar-refractivity contribution in [2.45, 2.75) is 17.9 Å². The topological polar surface area (TPSA) is 145 Å². The number of hydrogen-bond donors (Lipinski definition) is 0. The number of amides is 1. The van der Waals surface area contributed by atoms with Crippen molar-refractivity contribution in [3.63, 3.8) is 0 Å². The van der Waals surface area contributed by atoms with Gasteiger partial charge in [-0.15, -0.1) is 0 Å². The molecule has 1 saturated heterocycles. The molecule has 3 rings (SSSR count). The van der Waals surface area contributed by atoms with Crippen molar-refractivity contribution in [1.29, 1.82) is 0 Å². The van der Waals surface area contributed by atoms with Gasteiger partial charge in [-0.25, -0.2) is 18.2 Å². The third-order valence-electron chi connectivity index (χ3n) is 4.26. The van der Waals surface area contributed by atoms with Gasteiger partial charge in [-0.2, -0.15) is 4.31 Å². The van der Waals surface area contributed by atoms with Crippen molar-refractivity contribution < 1.29 is 32.4 Å². The number of morpholine rings is 1. The maximum atomic E-state index is 12.6. The number of carbonyl (C=O) groups excluding carboxylic acids is 2. The van der Waals surface area contributed by atoms with Gasteiger partial charge in [0, 0.05) is 29.8 Å². The molecule has 2 aliphatic heterocycles. The van der Waals surface area contributed by atoms with Gasteiger partial charge < -0.3 is 9.47 Å². The van der Waals surface area contributed by atoms with Crippen LogP contribution >= 0.6 is 0 Å². The molecule has 1 unspecified atom stereocenters. The van der Waals surface area contributed by atoms with Crippen LogP contribution in [-0.4, -0.2) is 67.6 Å². The van der Waals surface area contributed by atoms with E-state index in [0.717, 1.165) is 6.08 Å². The average Bonchev–Trinajstić information content (AvgIpc) is 2.68. The van der Waals surface area contributed by atoms with Gasteiger partial charge in [-0.1, -0.05) is 0 Å². The number of benzene rings is 1. The largest absolute Gasteiger partial charge is 0.419 e. The summed E-state index contributed by atoms with van der Waals surface area (Å²) in [7, 11) is -3.73. The minimum atomic E-state index is -3.73. The Morgan fingerprint density at radius 1 is 1.28 bits per heavy atom. The lowest BCUT2D eigenvalue weighted by molar-refractivity contribution is -0.501. The first-order valence-corrected chi connectivity index (χ1v) is 9.98. The van der Waals surface area contributed by atoms with Crippen molar-refractivity contribution in [3.05, 3.63) is 51.8 Å². The van der Waals surface area contributed by atoms with Crippen molar-refractivity contribution in [2.24, 2.45) is 4.99 Å². The Bertz CT molecular complexity index is 1010. The lowest BCUT2D eigenvalue weighted by Crippen LogP contribution is -2.40. The Balaban J connectivity index is 1.78. The molecule has 154 valence electrons. The molecule has 1 fully saturated rings. The summed E-state index contributed by atoms with van der Waals surface area (Å²) in [5, 5.41) is 11.1. The number of carbonyl (C=O) groups is 2. The zero-order valence-electron chi connectivity index (χ0n) is 15.3. The molecule has 1 atom stereocenters. The highest BCUT2D eigenvalue weighted by Gasteiger charge is 2.39. The van der Waals surface area contributed by atoms with Gasteiger partial charge in [0.15, 0.2) is 5.76 Å². The van der Waals surface area contributed by atoms with E-state index in [2.05, 4.69) is 4.99 Å². The number of hydrogen-bond acceptors (Lipinski definition) is 8. The molecule has 0 N–H and O–H groups in total. The molecule has 0 aliphatic carbocycles. The van der Waals surface area contributed by atoms with Crippen LogP contribution in [0.4, 0.5) is 0 Å². The third kappa shape index (κ3) is 4.39. The average molecular weight is 423 g/mol. The molecule has 0 radical (unpaired) electrons. The number of esters is 1. The highest BCUT2D eigenvalue weighted by molar-refractivity contribution is 7.89. The van der Waals surface area contributed by atoms with E-state index < -0.39 is 38.6 Å². The number of ether oxygens (including phenoxy) is 2. The molecule has 1 aromatic carbocycles. The highest BCUT2D eigenvalue weighted by Crippen LogP contribution is 2.20. The molecule has 12 heteroatoms. The van der Waals surface area contributed by atoms with Gasteiger partial charge in [0.1, 0.15) is 0 Å². The first-order chi connectivity index (χ1) is 13.7. The van der Waals surface area contributed by atoms with Crippen LogP contribution < -0.4 is 0 Å². The summed E-state index contributed by atoms with van der Waals surface area (Å²) in [6.45, 7) is 2.51. The highest BCUT2D eigenvalue weighted by atomic mass is 32.2. The molecule has 1 aromatic rings. The quantitative estimate of drug-likeness (QED) is 0.376. The van der Waals surface area contributed by atoms with Crippen LogP contribution in [0.2, 0.25) is 0 Å². The van der Waals surface area contributed by atoms with Crippen LogP contribution in [0.3, 0.4) is 0 Å². The molecule has 0 bridgehead atoms. The van der Waals surface area contributed by atoms with E-state index in [1.54, 1.807) is 0 Å². The lowest BCUT2D eigenvalue weighted by Gasteiger charge is -2.26. The molecule has 0 saturated carbocycles. The number of rotatable bonds is 5.